The molecular weight excluding hydrogens is 258 g/mol. The van der Waals surface area contributed by atoms with Gasteiger partial charge in [0.15, 0.2) is 0 Å². The smallest absolute Gasteiger partial charge is 0.410 e. The van der Waals surface area contributed by atoms with Crippen LogP contribution in [0.4, 0.5) is 4.79 Å². The minimum atomic E-state index is -0.981. The summed E-state index contributed by atoms with van der Waals surface area (Å²) in [6.07, 6.45) is 1.16. The SMILES string of the molecule is C[C@@H]1CCN(C(=O)OC(C)(C)C)[C@H](C(C)(C)C(=O)O)C1. The van der Waals surface area contributed by atoms with Gasteiger partial charge in [0.05, 0.1) is 11.5 Å². The highest BCUT2D eigenvalue weighted by Crippen LogP contribution is 2.35. The molecule has 0 aromatic carbocycles. The van der Waals surface area contributed by atoms with E-state index in [9.17, 15) is 14.7 Å². The fraction of sp³-hybridized carbons (Fsp3) is 0.867. The molecule has 0 aliphatic carbocycles. The first-order valence-corrected chi connectivity index (χ1v) is 7.18. The standard InChI is InChI=1S/C15H27NO4/c1-10-7-8-16(13(19)20-14(2,3)4)11(9-10)15(5,6)12(17)18/h10-11H,7-9H2,1-6H3,(H,17,18)/t10-,11+/m1/s1. The first kappa shape index (κ1) is 16.8. The highest BCUT2D eigenvalue weighted by molar-refractivity contribution is 5.76. The Morgan fingerprint density at radius 2 is 1.75 bits per heavy atom. The molecule has 5 heteroatoms. The molecule has 116 valence electrons. The number of carboxylic acids is 1. The van der Waals surface area contributed by atoms with Crippen LogP contribution in [0.15, 0.2) is 0 Å². The third-order valence-corrected chi connectivity index (χ3v) is 3.88. The molecule has 1 aliphatic rings. The molecule has 1 rings (SSSR count). The van der Waals surface area contributed by atoms with Crippen molar-refractivity contribution in [3.63, 3.8) is 0 Å². The average molecular weight is 285 g/mol. The fourth-order valence-corrected chi connectivity index (χ4v) is 2.51. The third kappa shape index (κ3) is 3.87. The maximum atomic E-state index is 12.3. The molecule has 1 saturated heterocycles. The number of nitrogens with zero attached hydrogens (tertiary/aromatic N) is 1. The maximum absolute atomic E-state index is 12.3. The average Bonchev–Trinajstić information content (AvgIpc) is 2.26. The number of aliphatic carboxylic acids is 1. The number of piperidine rings is 1. The fourth-order valence-electron chi connectivity index (χ4n) is 2.51. The Morgan fingerprint density at radius 1 is 1.20 bits per heavy atom. The number of rotatable bonds is 2. The highest BCUT2D eigenvalue weighted by Gasteiger charge is 2.45. The lowest BCUT2D eigenvalue weighted by Gasteiger charge is -2.44. The van der Waals surface area contributed by atoms with Gasteiger partial charge in [0.2, 0.25) is 0 Å². The van der Waals surface area contributed by atoms with E-state index in [0.717, 1.165) is 6.42 Å². The van der Waals surface area contributed by atoms with Crippen molar-refractivity contribution in [2.24, 2.45) is 11.3 Å². The Hall–Kier alpha value is -1.26. The largest absolute Gasteiger partial charge is 0.481 e. The summed E-state index contributed by atoms with van der Waals surface area (Å²) in [6, 6.07) is -0.335. The van der Waals surface area contributed by atoms with Gasteiger partial charge < -0.3 is 14.7 Å². The van der Waals surface area contributed by atoms with Crippen molar-refractivity contribution in [3.05, 3.63) is 0 Å². The van der Waals surface area contributed by atoms with Crippen molar-refractivity contribution in [3.8, 4) is 0 Å². The lowest BCUT2D eigenvalue weighted by Crippen LogP contribution is -2.56. The molecule has 1 N–H and O–H groups in total. The summed E-state index contributed by atoms with van der Waals surface area (Å²) in [5.74, 6) is -0.470. The minimum Gasteiger partial charge on any atom is -0.481 e. The molecule has 1 heterocycles. The monoisotopic (exact) mass is 285 g/mol. The molecule has 5 nitrogen and oxygen atoms in total. The van der Waals surface area contributed by atoms with Gasteiger partial charge in [0, 0.05) is 6.54 Å². The van der Waals surface area contributed by atoms with Crippen LogP contribution in [0.25, 0.3) is 0 Å². The van der Waals surface area contributed by atoms with E-state index < -0.39 is 23.1 Å². The summed E-state index contributed by atoms with van der Waals surface area (Å²) in [7, 11) is 0. The summed E-state index contributed by atoms with van der Waals surface area (Å²) in [5.41, 5.74) is -1.55. The van der Waals surface area contributed by atoms with E-state index in [1.165, 1.54) is 0 Å². The zero-order chi connectivity index (χ0) is 15.7. The summed E-state index contributed by atoms with van der Waals surface area (Å²) in [6.45, 7) is 11.4. The number of carboxylic acid groups (broad SMARTS) is 1. The quantitative estimate of drug-likeness (QED) is 0.846. The van der Waals surface area contributed by atoms with Gasteiger partial charge in [-0.3, -0.25) is 4.79 Å². The molecule has 0 aromatic heterocycles. The van der Waals surface area contributed by atoms with Crippen LogP contribution in [0.3, 0.4) is 0 Å². The van der Waals surface area contributed by atoms with Crippen molar-refractivity contribution < 1.29 is 19.4 Å². The number of ether oxygens (including phenoxy) is 1. The van der Waals surface area contributed by atoms with E-state index in [-0.39, 0.29) is 6.04 Å². The third-order valence-electron chi connectivity index (χ3n) is 3.88. The molecule has 0 saturated carbocycles. The van der Waals surface area contributed by atoms with Crippen LogP contribution in [0, 0.1) is 11.3 Å². The topological polar surface area (TPSA) is 66.8 Å². The van der Waals surface area contributed by atoms with Crippen molar-refractivity contribution in [2.45, 2.75) is 66.0 Å². The van der Waals surface area contributed by atoms with Gasteiger partial charge in [0.25, 0.3) is 0 Å². The van der Waals surface area contributed by atoms with Crippen molar-refractivity contribution >= 4 is 12.1 Å². The second kappa shape index (κ2) is 5.62. The van der Waals surface area contributed by atoms with Gasteiger partial charge in [-0.2, -0.15) is 0 Å². The van der Waals surface area contributed by atoms with Crippen molar-refractivity contribution in [2.75, 3.05) is 6.54 Å². The van der Waals surface area contributed by atoms with Gasteiger partial charge >= 0.3 is 12.1 Å². The number of hydrogen-bond donors (Lipinski definition) is 1. The summed E-state index contributed by atoms with van der Waals surface area (Å²) in [5, 5.41) is 9.43. The zero-order valence-corrected chi connectivity index (χ0v) is 13.4. The van der Waals surface area contributed by atoms with E-state index in [0.29, 0.717) is 18.9 Å². The number of likely N-dealkylation sites (tertiary alicyclic amines) is 1. The van der Waals surface area contributed by atoms with Crippen LogP contribution >= 0.6 is 0 Å². The maximum Gasteiger partial charge on any atom is 0.410 e. The van der Waals surface area contributed by atoms with Gasteiger partial charge in [-0.15, -0.1) is 0 Å². The highest BCUT2D eigenvalue weighted by atomic mass is 16.6. The van der Waals surface area contributed by atoms with Gasteiger partial charge in [-0.05, 0) is 53.4 Å². The minimum absolute atomic E-state index is 0.335. The molecule has 2 atom stereocenters. The van der Waals surface area contributed by atoms with Crippen LogP contribution in [0.1, 0.15) is 54.4 Å². The zero-order valence-electron chi connectivity index (χ0n) is 13.4. The Labute approximate surface area is 121 Å². The molecule has 1 amide bonds. The molecule has 0 unspecified atom stereocenters. The molecule has 20 heavy (non-hydrogen) atoms. The van der Waals surface area contributed by atoms with Crippen LogP contribution in [0.5, 0.6) is 0 Å². The first-order valence-electron chi connectivity index (χ1n) is 7.18. The summed E-state index contributed by atoms with van der Waals surface area (Å²) >= 11 is 0. The predicted molar refractivity (Wildman–Crippen MR) is 76.5 cm³/mol. The Kier molecular flexibility index (Phi) is 4.72. The van der Waals surface area contributed by atoms with Gasteiger partial charge in [-0.25, -0.2) is 4.79 Å². The number of carbonyl (C=O) groups is 2. The lowest BCUT2D eigenvalue weighted by atomic mass is 9.76. The van der Waals surface area contributed by atoms with E-state index in [1.807, 2.05) is 20.8 Å². The van der Waals surface area contributed by atoms with Crippen LogP contribution in [0.2, 0.25) is 0 Å². The van der Waals surface area contributed by atoms with Crippen LogP contribution < -0.4 is 0 Å². The van der Waals surface area contributed by atoms with E-state index >= 15 is 0 Å². The summed E-state index contributed by atoms with van der Waals surface area (Å²) < 4.78 is 5.41. The second-order valence-corrected chi connectivity index (χ2v) is 7.35. The van der Waals surface area contributed by atoms with Gasteiger partial charge in [0.1, 0.15) is 5.60 Å². The summed E-state index contributed by atoms with van der Waals surface area (Å²) in [4.78, 5) is 25.4. The molecule has 0 radical (unpaired) electrons. The van der Waals surface area contributed by atoms with Crippen LogP contribution in [-0.4, -0.2) is 40.3 Å². The Balaban J connectivity index is 2.97. The van der Waals surface area contributed by atoms with Gasteiger partial charge in [-0.1, -0.05) is 6.92 Å². The molecule has 0 spiro atoms. The molecular formula is C15H27NO4. The number of hydrogen-bond acceptors (Lipinski definition) is 3. The Bertz CT molecular complexity index is 384. The van der Waals surface area contributed by atoms with Crippen LogP contribution in [-0.2, 0) is 9.53 Å². The normalized spacial score (nSPS) is 24.4. The molecule has 1 aliphatic heterocycles. The predicted octanol–water partition coefficient (Wildman–Crippen LogP) is 3.13. The number of amides is 1. The van der Waals surface area contributed by atoms with E-state index in [4.69, 9.17) is 4.74 Å². The molecule has 0 aromatic rings. The van der Waals surface area contributed by atoms with E-state index in [1.54, 1.807) is 18.7 Å². The van der Waals surface area contributed by atoms with Crippen molar-refractivity contribution in [1.29, 1.82) is 0 Å². The number of carbonyl (C=O) groups excluding carboxylic acids is 1. The van der Waals surface area contributed by atoms with Crippen molar-refractivity contribution in [1.82, 2.24) is 4.90 Å². The lowest BCUT2D eigenvalue weighted by molar-refractivity contribution is -0.152. The molecule has 0 bridgehead atoms. The Morgan fingerprint density at radius 3 is 2.20 bits per heavy atom. The first-order chi connectivity index (χ1) is 8.95. The molecule has 1 fully saturated rings. The van der Waals surface area contributed by atoms with E-state index in [2.05, 4.69) is 6.92 Å². The second-order valence-electron chi connectivity index (χ2n) is 7.35.